The molecule has 0 N–H and O–H groups in total. The molecule has 0 saturated carbocycles. The second-order valence-electron chi connectivity index (χ2n) is 6.97. The van der Waals surface area contributed by atoms with E-state index in [-0.39, 0.29) is 5.54 Å². The van der Waals surface area contributed by atoms with E-state index in [2.05, 4.69) is 103 Å². The van der Waals surface area contributed by atoms with Gasteiger partial charge in [0.05, 0.1) is 11.6 Å². The van der Waals surface area contributed by atoms with Crippen molar-refractivity contribution in [1.82, 2.24) is 4.90 Å². The molecule has 0 radical (unpaired) electrons. The van der Waals surface area contributed by atoms with Crippen molar-refractivity contribution in [3.63, 3.8) is 0 Å². The van der Waals surface area contributed by atoms with Crippen LogP contribution in [0.4, 0.5) is 0 Å². The lowest BCUT2D eigenvalue weighted by Gasteiger charge is -2.18. The molecule has 0 aromatic heterocycles. The van der Waals surface area contributed by atoms with Crippen LogP contribution in [0.15, 0.2) is 91.0 Å². The zero-order chi connectivity index (χ0) is 17.1. The lowest BCUT2D eigenvalue weighted by Crippen LogP contribution is -2.16. The largest absolute Gasteiger partial charge is 0.278 e. The van der Waals surface area contributed by atoms with Crippen molar-refractivity contribution < 1.29 is 0 Å². The molecule has 25 heavy (non-hydrogen) atoms. The van der Waals surface area contributed by atoms with Crippen molar-refractivity contribution in [1.29, 1.82) is 0 Å². The van der Waals surface area contributed by atoms with Gasteiger partial charge >= 0.3 is 0 Å². The molecule has 1 heterocycles. The summed E-state index contributed by atoms with van der Waals surface area (Å²) in [5.41, 5.74) is 4.38. The number of hydrogen-bond donors (Lipinski definition) is 0. The van der Waals surface area contributed by atoms with E-state index in [9.17, 15) is 0 Å². The molecule has 0 aliphatic carbocycles. The van der Waals surface area contributed by atoms with Crippen molar-refractivity contribution in [3.8, 4) is 0 Å². The van der Waals surface area contributed by atoms with E-state index in [0.717, 1.165) is 6.54 Å². The fourth-order valence-corrected chi connectivity index (χ4v) is 4.35. The summed E-state index contributed by atoms with van der Waals surface area (Å²) >= 11 is 0. The van der Waals surface area contributed by atoms with E-state index < -0.39 is 0 Å². The van der Waals surface area contributed by atoms with Gasteiger partial charge in [-0.15, -0.1) is 0 Å². The van der Waals surface area contributed by atoms with Crippen LogP contribution in [0.25, 0.3) is 0 Å². The first-order valence-electron chi connectivity index (χ1n) is 9.27. The highest BCUT2D eigenvalue weighted by Crippen LogP contribution is 2.63. The third-order valence-electron chi connectivity index (χ3n) is 5.42. The summed E-state index contributed by atoms with van der Waals surface area (Å²) in [5, 5.41) is 0. The van der Waals surface area contributed by atoms with Gasteiger partial charge in [0.1, 0.15) is 0 Å². The Morgan fingerprint density at radius 3 is 1.92 bits per heavy atom. The van der Waals surface area contributed by atoms with Gasteiger partial charge in [0, 0.05) is 6.54 Å². The molecule has 0 amide bonds. The molecule has 3 aromatic carbocycles. The quantitative estimate of drug-likeness (QED) is 0.506. The summed E-state index contributed by atoms with van der Waals surface area (Å²) in [5.74, 6) is 0. The van der Waals surface area contributed by atoms with Crippen LogP contribution in [-0.4, -0.2) is 4.90 Å². The number of benzene rings is 3. The summed E-state index contributed by atoms with van der Waals surface area (Å²) in [6, 6.07) is 33.4. The Labute approximate surface area is 150 Å². The Balaban J connectivity index is 1.75. The van der Waals surface area contributed by atoms with Crippen LogP contribution < -0.4 is 0 Å². The monoisotopic (exact) mass is 327 g/mol. The van der Waals surface area contributed by atoms with Gasteiger partial charge in [-0.2, -0.15) is 0 Å². The number of nitrogens with zero attached hydrogens (tertiary/aromatic N) is 1. The highest BCUT2D eigenvalue weighted by Gasteiger charge is 2.62. The molecular weight excluding hydrogens is 302 g/mol. The number of hydrogen-bond acceptors (Lipinski definition) is 1. The summed E-state index contributed by atoms with van der Waals surface area (Å²) in [6.45, 7) is 3.29. The minimum absolute atomic E-state index is 0.118. The molecule has 1 aliphatic heterocycles. The SMILES string of the molecule is CCC[C@@]1(c2ccccc2)[C@H](c2ccccc2)N1Cc1ccccc1. The average Bonchev–Trinajstić information content (AvgIpc) is 3.32. The molecule has 1 saturated heterocycles. The van der Waals surface area contributed by atoms with Crippen LogP contribution in [0.2, 0.25) is 0 Å². The Kier molecular flexibility index (Phi) is 4.42. The third-order valence-corrected chi connectivity index (χ3v) is 5.42. The summed E-state index contributed by atoms with van der Waals surface area (Å²) in [4.78, 5) is 2.68. The lowest BCUT2D eigenvalue weighted by molar-refractivity contribution is 0.380. The summed E-state index contributed by atoms with van der Waals surface area (Å²) < 4.78 is 0. The first-order chi connectivity index (χ1) is 12.4. The summed E-state index contributed by atoms with van der Waals surface area (Å²) in [7, 11) is 0. The maximum absolute atomic E-state index is 2.68. The van der Waals surface area contributed by atoms with E-state index in [1.807, 2.05) is 0 Å². The molecule has 1 nitrogen and oxygen atoms in total. The molecule has 0 bridgehead atoms. The normalized spacial score (nSPS) is 24.8. The van der Waals surface area contributed by atoms with E-state index in [4.69, 9.17) is 0 Å². The standard InChI is InChI=1S/C24H25N/c1-2-18-24(22-16-10-5-11-17-22)23(21-14-8-4-9-15-21)25(24)19-20-12-6-3-7-13-20/h3-17,23H,2,18-19H2,1H3/t23-,24+,25?/m0/s1. The molecule has 0 spiro atoms. The van der Waals surface area contributed by atoms with Crippen molar-refractivity contribution in [2.24, 2.45) is 0 Å². The lowest BCUT2D eigenvalue weighted by atomic mass is 9.88. The Bertz CT molecular complexity index is 797. The van der Waals surface area contributed by atoms with E-state index in [1.54, 1.807) is 0 Å². The maximum Gasteiger partial charge on any atom is 0.0668 e. The first-order valence-corrected chi connectivity index (χ1v) is 9.27. The zero-order valence-corrected chi connectivity index (χ0v) is 14.8. The van der Waals surface area contributed by atoms with Gasteiger partial charge in [-0.05, 0) is 23.1 Å². The Morgan fingerprint density at radius 1 is 0.760 bits per heavy atom. The van der Waals surface area contributed by atoms with Gasteiger partial charge in [0.25, 0.3) is 0 Å². The Morgan fingerprint density at radius 2 is 1.32 bits per heavy atom. The second-order valence-corrected chi connectivity index (χ2v) is 6.97. The molecule has 3 atom stereocenters. The van der Waals surface area contributed by atoms with Crippen LogP contribution in [0.5, 0.6) is 0 Å². The fraction of sp³-hybridized carbons (Fsp3) is 0.250. The van der Waals surface area contributed by atoms with Crippen LogP contribution in [0, 0.1) is 0 Å². The molecule has 1 fully saturated rings. The zero-order valence-electron chi connectivity index (χ0n) is 14.8. The third kappa shape index (κ3) is 2.89. The van der Waals surface area contributed by atoms with Crippen LogP contribution in [-0.2, 0) is 12.1 Å². The fourth-order valence-electron chi connectivity index (χ4n) is 4.35. The predicted molar refractivity (Wildman–Crippen MR) is 104 cm³/mol. The highest BCUT2D eigenvalue weighted by atomic mass is 15.4. The molecule has 1 heteroatoms. The van der Waals surface area contributed by atoms with E-state index in [1.165, 1.54) is 29.5 Å². The molecule has 3 aromatic rings. The minimum Gasteiger partial charge on any atom is -0.278 e. The molecular formula is C24H25N. The number of rotatable bonds is 6. The topological polar surface area (TPSA) is 3.01 Å². The van der Waals surface area contributed by atoms with E-state index >= 15 is 0 Å². The van der Waals surface area contributed by atoms with E-state index in [0.29, 0.717) is 6.04 Å². The Hall–Kier alpha value is -2.38. The highest BCUT2D eigenvalue weighted by molar-refractivity contribution is 5.42. The van der Waals surface area contributed by atoms with Gasteiger partial charge in [0.2, 0.25) is 0 Å². The molecule has 1 unspecified atom stereocenters. The smallest absolute Gasteiger partial charge is 0.0668 e. The van der Waals surface area contributed by atoms with Crippen LogP contribution in [0.1, 0.15) is 42.5 Å². The van der Waals surface area contributed by atoms with Crippen LogP contribution >= 0.6 is 0 Å². The molecule has 4 rings (SSSR count). The van der Waals surface area contributed by atoms with Crippen molar-refractivity contribution >= 4 is 0 Å². The average molecular weight is 327 g/mol. The minimum atomic E-state index is 0.118. The van der Waals surface area contributed by atoms with Gasteiger partial charge in [-0.1, -0.05) is 104 Å². The second kappa shape index (κ2) is 6.85. The van der Waals surface area contributed by atoms with Gasteiger partial charge in [-0.25, -0.2) is 0 Å². The van der Waals surface area contributed by atoms with Crippen LogP contribution in [0.3, 0.4) is 0 Å². The predicted octanol–water partition coefficient (Wildman–Crippen LogP) is 5.94. The van der Waals surface area contributed by atoms with Gasteiger partial charge in [-0.3, -0.25) is 4.90 Å². The first kappa shape index (κ1) is 16.1. The maximum atomic E-state index is 2.68. The van der Waals surface area contributed by atoms with Gasteiger partial charge < -0.3 is 0 Å². The summed E-state index contributed by atoms with van der Waals surface area (Å²) in [6.07, 6.45) is 2.37. The van der Waals surface area contributed by atoms with Crippen molar-refractivity contribution in [2.75, 3.05) is 0 Å². The molecule has 1 aliphatic rings. The molecule has 126 valence electrons. The van der Waals surface area contributed by atoms with Crippen molar-refractivity contribution in [2.45, 2.75) is 37.9 Å². The van der Waals surface area contributed by atoms with Gasteiger partial charge in [0.15, 0.2) is 0 Å². The van der Waals surface area contributed by atoms with Crippen molar-refractivity contribution in [3.05, 3.63) is 108 Å².